The highest BCUT2D eigenvalue weighted by molar-refractivity contribution is 7.50. The molecule has 2 aromatic rings. The van der Waals surface area contributed by atoms with Crippen LogP contribution in [-0.4, -0.2) is 30.9 Å². The summed E-state index contributed by atoms with van der Waals surface area (Å²) in [4.78, 5) is 25.7. The Balaban J connectivity index is 2.45. The maximum atomic E-state index is 12.9. The van der Waals surface area contributed by atoms with Crippen molar-refractivity contribution in [3.63, 3.8) is 0 Å². The number of carbonyl (C=O) groups is 2. The van der Waals surface area contributed by atoms with Gasteiger partial charge in [0, 0.05) is 13.3 Å². The van der Waals surface area contributed by atoms with E-state index in [-0.39, 0.29) is 5.56 Å². The van der Waals surface area contributed by atoms with E-state index in [2.05, 4.69) is 34.6 Å². The molecule has 0 bridgehead atoms. The summed E-state index contributed by atoms with van der Waals surface area (Å²) in [5, 5.41) is -0.153. The zero-order valence-corrected chi connectivity index (χ0v) is 18.8. The Bertz CT molecular complexity index is 1040. The standard InChI is InChI=1S/C23H26NO4P/c1-13-14(2)16(4)23(5,15(13)3)29-20(22(26)28-7)18(21(25)27-6)19(24-29)17-11-9-8-10-12-17/h8-12H,1-7H3. The molecular formula is C23H26NO4P. The largest absolute Gasteiger partial charge is 0.465 e. The predicted octanol–water partition coefficient (Wildman–Crippen LogP) is 5.71. The van der Waals surface area contributed by atoms with Gasteiger partial charge in [-0.2, -0.15) is 0 Å². The van der Waals surface area contributed by atoms with Crippen molar-refractivity contribution in [1.82, 2.24) is 4.75 Å². The molecular weight excluding hydrogens is 385 g/mol. The van der Waals surface area contributed by atoms with Gasteiger partial charge in [0.2, 0.25) is 0 Å². The van der Waals surface area contributed by atoms with Gasteiger partial charge in [-0.1, -0.05) is 41.5 Å². The predicted molar refractivity (Wildman–Crippen MR) is 115 cm³/mol. The van der Waals surface area contributed by atoms with Gasteiger partial charge in [0.1, 0.15) is 10.9 Å². The number of aromatic nitrogens is 1. The lowest BCUT2D eigenvalue weighted by Crippen LogP contribution is -2.19. The lowest BCUT2D eigenvalue weighted by molar-refractivity contribution is 0.0560. The quantitative estimate of drug-likeness (QED) is 0.603. The first-order valence-electron chi connectivity index (χ1n) is 9.41. The highest BCUT2D eigenvalue weighted by Crippen LogP contribution is 2.62. The summed E-state index contributed by atoms with van der Waals surface area (Å²) >= 11 is 0. The van der Waals surface area contributed by atoms with Crippen LogP contribution in [-0.2, 0) is 14.6 Å². The monoisotopic (exact) mass is 411 g/mol. The zero-order valence-electron chi connectivity index (χ0n) is 17.9. The first kappa shape index (κ1) is 21.1. The van der Waals surface area contributed by atoms with Crippen LogP contribution in [0.2, 0.25) is 0 Å². The smallest absolute Gasteiger partial charge is 0.344 e. The van der Waals surface area contributed by atoms with Crippen LogP contribution in [0.3, 0.4) is 0 Å². The van der Waals surface area contributed by atoms with Gasteiger partial charge in [0.25, 0.3) is 0 Å². The third-order valence-electron chi connectivity index (χ3n) is 6.27. The van der Waals surface area contributed by atoms with E-state index in [1.165, 1.54) is 36.5 Å². The van der Waals surface area contributed by atoms with Gasteiger partial charge in [-0.05, 0) is 45.8 Å². The Morgan fingerprint density at radius 1 is 0.897 bits per heavy atom. The fourth-order valence-corrected chi connectivity index (χ4v) is 6.82. The Morgan fingerprint density at radius 3 is 1.90 bits per heavy atom. The fraction of sp³-hybridized carbons (Fsp3) is 0.348. The minimum atomic E-state index is -1.43. The van der Waals surface area contributed by atoms with Gasteiger partial charge >= 0.3 is 11.9 Å². The second kappa shape index (κ2) is 7.64. The number of rotatable bonds is 4. The number of allylic oxidation sites excluding steroid dienone is 4. The molecule has 152 valence electrons. The molecule has 3 rings (SSSR count). The SMILES string of the molecule is COC(=O)c1c(-c2ccccc2)np(C2(C)C(C)=C(C)C(C)=C2C)c1C(=O)OC. The number of methoxy groups -OCH3 is 2. The number of hydrogen-bond donors (Lipinski definition) is 0. The summed E-state index contributed by atoms with van der Waals surface area (Å²) in [6, 6.07) is 9.43. The molecule has 0 radical (unpaired) electrons. The molecule has 29 heavy (non-hydrogen) atoms. The third kappa shape index (κ3) is 3.05. The molecule has 1 aliphatic carbocycles. The van der Waals surface area contributed by atoms with Crippen molar-refractivity contribution >= 4 is 19.6 Å². The minimum Gasteiger partial charge on any atom is -0.465 e. The highest BCUT2D eigenvalue weighted by Gasteiger charge is 2.45. The zero-order chi connectivity index (χ0) is 21.5. The second-order valence-electron chi connectivity index (χ2n) is 7.41. The topological polar surface area (TPSA) is 65.5 Å². The van der Waals surface area contributed by atoms with E-state index in [1.807, 2.05) is 30.3 Å². The molecule has 0 saturated heterocycles. The lowest BCUT2D eigenvalue weighted by atomic mass is 9.98. The van der Waals surface area contributed by atoms with E-state index < -0.39 is 24.8 Å². The Hall–Kier alpha value is -2.65. The van der Waals surface area contributed by atoms with Gasteiger partial charge in [0.15, 0.2) is 0 Å². The van der Waals surface area contributed by atoms with Crippen molar-refractivity contribution in [2.75, 3.05) is 14.2 Å². The molecule has 0 spiro atoms. The molecule has 6 heteroatoms. The average molecular weight is 411 g/mol. The van der Waals surface area contributed by atoms with Gasteiger partial charge in [0.05, 0.1) is 25.1 Å². The number of hydrogen-bond acceptors (Lipinski definition) is 5. The van der Waals surface area contributed by atoms with E-state index >= 15 is 0 Å². The van der Waals surface area contributed by atoms with E-state index in [1.54, 1.807) is 0 Å². The van der Waals surface area contributed by atoms with Crippen LogP contribution in [0.5, 0.6) is 0 Å². The second-order valence-corrected chi connectivity index (χ2v) is 9.57. The molecule has 0 amide bonds. The number of esters is 2. The van der Waals surface area contributed by atoms with Crippen molar-refractivity contribution in [3.8, 4) is 11.3 Å². The normalized spacial score (nSPS) is 16.3. The summed E-state index contributed by atoms with van der Waals surface area (Å²) in [6.45, 7) is 10.5. The molecule has 0 aliphatic heterocycles. The number of carbonyl (C=O) groups excluding carboxylic acids is 2. The Kier molecular flexibility index (Phi) is 5.55. The number of benzene rings is 1. The first-order chi connectivity index (χ1) is 13.7. The number of nitrogens with zero attached hydrogens (tertiary/aromatic N) is 1. The van der Waals surface area contributed by atoms with Crippen molar-refractivity contribution < 1.29 is 19.1 Å². The van der Waals surface area contributed by atoms with Crippen LogP contribution in [0.1, 0.15) is 55.1 Å². The van der Waals surface area contributed by atoms with Crippen LogP contribution in [0, 0.1) is 0 Å². The molecule has 1 aliphatic rings. The van der Waals surface area contributed by atoms with Crippen LogP contribution < -0.4 is 0 Å². The van der Waals surface area contributed by atoms with Crippen LogP contribution >= 0.6 is 7.69 Å². The Morgan fingerprint density at radius 2 is 1.41 bits per heavy atom. The van der Waals surface area contributed by atoms with Crippen LogP contribution in [0.25, 0.3) is 11.3 Å². The molecule has 1 unspecified atom stereocenters. The van der Waals surface area contributed by atoms with E-state index in [0.29, 0.717) is 11.0 Å². The molecule has 0 N–H and O–H groups in total. The van der Waals surface area contributed by atoms with Crippen LogP contribution in [0.4, 0.5) is 0 Å². The van der Waals surface area contributed by atoms with Crippen LogP contribution in [0.15, 0.2) is 52.6 Å². The van der Waals surface area contributed by atoms with E-state index in [0.717, 1.165) is 5.56 Å². The molecule has 1 aromatic carbocycles. The number of ether oxygens (including phenoxy) is 2. The van der Waals surface area contributed by atoms with Crippen molar-refractivity contribution in [1.29, 1.82) is 0 Å². The van der Waals surface area contributed by atoms with Crippen molar-refractivity contribution in [2.45, 2.75) is 39.8 Å². The van der Waals surface area contributed by atoms with E-state index in [4.69, 9.17) is 14.2 Å². The van der Waals surface area contributed by atoms with Gasteiger partial charge in [-0.25, -0.2) is 14.3 Å². The van der Waals surface area contributed by atoms with Crippen molar-refractivity contribution in [3.05, 3.63) is 63.5 Å². The van der Waals surface area contributed by atoms with Gasteiger partial charge in [-0.15, -0.1) is 0 Å². The summed E-state index contributed by atoms with van der Waals surface area (Å²) in [5.41, 5.74) is 6.23. The first-order valence-corrected chi connectivity index (χ1v) is 10.7. The molecule has 1 aromatic heterocycles. The average Bonchev–Trinajstić information content (AvgIpc) is 3.22. The maximum absolute atomic E-state index is 12.9. The highest BCUT2D eigenvalue weighted by atomic mass is 31.1. The fourth-order valence-electron chi connectivity index (χ4n) is 4.01. The molecule has 0 saturated carbocycles. The molecule has 5 nitrogen and oxygen atoms in total. The molecule has 1 atom stereocenters. The summed E-state index contributed by atoms with van der Waals surface area (Å²) in [5.74, 6) is -1.11. The van der Waals surface area contributed by atoms with Gasteiger partial charge in [-0.3, -0.25) is 0 Å². The lowest BCUT2D eigenvalue weighted by Gasteiger charge is -2.29. The molecule has 1 heterocycles. The summed E-state index contributed by atoms with van der Waals surface area (Å²) < 4.78 is 15.2. The third-order valence-corrected chi connectivity index (χ3v) is 9.02. The van der Waals surface area contributed by atoms with Crippen molar-refractivity contribution in [2.24, 2.45) is 0 Å². The van der Waals surface area contributed by atoms with Gasteiger partial charge < -0.3 is 9.47 Å². The summed E-state index contributed by atoms with van der Waals surface area (Å²) in [6.07, 6.45) is 0. The molecule has 0 fully saturated rings. The summed E-state index contributed by atoms with van der Waals surface area (Å²) in [7, 11) is 1.21. The Labute approximate surface area is 172 Å². The van der Waals surface area contributed by atoms with E-state index in [9.17, 15) is 9.59 Å². The minimum absolute atomic E-state index is 0.209. The maximum Gasteiger partial charge on any atom is 0.344 e.